The molecule has 0 aliphatic rings. The van der Waals surface area contributed by atoms with Crippen LogP contribution in [0.3, 0.4) is 0 Å². The third-order valence-corrected chi connectivity index (χ3v) is 2.57. The number of esters is 1. The summed E-state index contributed by atoms with van der Waals surface area (Å²) in [4.78, 5) is 21.4. The van der Waals surface area contributed by atoms with Crippen LogP contribution < -0.4 is 0 Å². The molecule has 0 aliphatic carbocycles. The smallest absolute Gasteiger partial charge is 0.306 e. The molecule has 1 atom stereocenters. The Balaban J connectivity index is 3.66. The van der Waals surface area contributed by atoms with E-state index in [1.165, 1.54) is 0 Å². The molecule has 1 N–H and O–H groups in total. The van der Waals surface area contributed by atoms with Crippen LogP contribution in [0, 0.1) is 5.92 Å². The van der Waals surface area contributed by atoms with Crippen LogP contribution in [0.2, 0.25) is 0 Å². The second kappa shape index (κ2) is 9.19. The third kappa shape index (κ3) is 8.26. The number of aliphatic carboxylic acids is 1. The van der Waals surface area contributed by atoms with Crippen LogP contribution in [0.15, 0.2) is 0 Å². The molecule has 0 aromatic rings. The molecule has 0 saturated heterocycles. The molecule has 0 aliphatic heterocycles. The minimum absolute atomic E-state index is 0.0282. The Morgan fingerprint density at radius 1 is 1.25 bits per heavy atom. The summed E-state index contributed by atoms with van der Waals surface area (Å²) in [6.07, 6.45) is 4.17. The van der Waals surface area contributed by atoms with Gasteiger partial charge in [0.25, 0.3) is 0 Å². The summed E-state index contributed by atoms with van der Waals surface area (Å²) in [5.41, 5.74) is 0. The minimum atomic E-state index is -0.963. The first-order valence-electron chi connectivity index (χ1n) is 5.97. The summed E-state index contributed by atoms with van der Waals surface area (Å²) in [7, 11) is 0. The molecular weight excluding hydrogens is 208 g/mol. The maximum absolute atomic E-state index is 11.2. The molecule has 1 unspecified atom stereocenters. The number of ether oxygens (including phenoxy) is 1. The monoisotopic (exact) mass is 230 g/mol. The number of hydrogen-bond acceptors (Lipinski definition) is 3. The van der Waals surface area contributed by atoms with Gasteiger partial charge in [0, 0.05) is 0 Å². The Kier molecular flexibility index (Phi) is 8.58. The van der Waals surface area contributed by atoms with Crippen molar-refractivity contribution >= 4 is 11.9 Å². The van der Waals surface area contributed by atoms with Gasteiger partial charge in [0.05, 0.1) is 19.4 Å². The van der Waals surface area contributed by atoms with Crippen molar-refractivity contribution < 1.29 is 19.4 Å². The number of carbonyl (C=O) groups excluding carboxylic acids is 1. The van der Waals surface area contributed by atoms with Crippen LogP contribution in [0.1, 0.15) is 52.4 Å². The highest BCUT2D eigenvalue weighted by molar-refractivity contribution is 5.76. The van der Waals surface area contributed by atoms with E-state index in [1.807, 2.05) is 0 Å². The summed E-state index contributed by atoms with van der Waals surface area (Å²) in [6.45, 7) is 4.63. The van der Waals surface area contributed by atoms with Crippen molar-refractivity contribution in [3.8, 4) is 0 Å². The second-order valence-electron chi connectivity index (χ2n) is 3.99. The lowest BCUT2D eigenvalue weighted by molar-refractivity contribution is -0.148. The van der Waals surface area contributed by atoms with Gasteiger partial charge in [0.2, 0.25) is 0 Å². The Bertz CT molecular complexity index is 213. The predicted octanol–water partition coefficient (Wildman–Crippen LogP) is 2.61. The third-order valence-electron chi connectivity index (χ3n) is 2.57. The summed E-state index contributed by atoms with van der Waals surface area (Å²) >= 11 is 0. The van der Waals surface area contributed by atoms with E-state index in [-0.39, 0.29) is 12.8 Å². The standard InChI is InChI=1S/C12H22O4/c1-3-5-6-10(4-2)9-16-12(15)8-7-11(13)14/h10H,3-9H2,1-2H3,(H,13,14). The van der Waals surface area contributed by atoms with Crippen molar-refractivity contribution in [3.05, 3.63) is 0 Å². The highest BCUT2D eigenvalue weighted by Gasteiger charge is 2.11. The topological polar surface area (TPSA) is 63.6 Å². The molecule has 0 aromatic carbocycles. The van der Waals surface area contributed by atoms with Crippen LogP contribution in [-0.4, -0.2) is 23.7 Å². The molecule has 0 bridgehead atoms. The zero-order valence-corrected chi connectivity index (χ0v) is 10.2. The minimum Gasteiger partial charge on any atom is -0.481 e. The van der Waals surface area contributed by atoms with Gasteiger partial charge in [-0.05, 0) is 12.3 Å². The SMILES string of the molecule is CCCCC(CC)COC(=O)CCC(=O)O. The van der Waals surface area contributed by atoms with E-state index in [1.54, 1.807) is 0 Å². The first-order chi connectivity index (χ1) is 7.60. The van der Waals surface area contributed by atoms with Gasteiger partial charge in [-0.25, -0.2) is 0 Å². The zero-order valence-electron chi connectivity index (χ0n) is 10.2. The van der Waals surface area contributed by atoms with Crippen LogP contribution >= 0.6 is 0 Å². The molecule has 4 nitrogen and oxygen atoms in total. The average molecular weight is 230 g/mol. The summed E-state index contributed by atoms with van der Waals surface area (Å²) < 4.78 is 5.04. The molecular formula is C12H22O4. The van der Waals surface area contributed by atoms with E-state index < -0.39 is 11.9 Å². The number of unbranched alkanes of at least 4 members (excludes halogenated alkanes) is 1. The number of hydrogen-bond donors (Lipinski definition) is 1. The van der Waals surface area contributed by atoms with Crippen molar-refractivity contribution in [2.45, 2.75) is 52.4 Å². The summed E-state index contributed by atoms with van der Waals surface area (Å²) in [5, 5.41) is 8.39. The quantitative estimate of drug-likeness (QED) is 0.618. The van der Waals surface area contributed by atoms with E-state index in [4.69, 9.17) is 9.84 Å². The number of carbonyl (C=O) groups is 2. The normalized spacial score (nSPS) is 12.1. The van der Waals surface area contributed by atoms with Gasteiger partial charge in [-0.1, -0.05) is 33.1 Å². The highest BCUT2D eigenvalue weighted by Crippen LogP contribution is 2.13. The van der Waals surface area contributed by atoms with Crippen LogP contribution in [-0.2, 0) is 14.3 Å². The van der Waals surface area contributed by atoms with Crippen LogP contribution in [0.25, 0.3) is 0 Å². The first kappa shape index (κ1) is 14.9. The van der Waals surface area contributed by atoms with Crippen molar-refractivity contribution in [2.75, 3.05) is 6.61 Å². The zero-order chi connectivity index (χ0) is 12.4. The van der Waals surface area contributed by atoms with Gasteiger partial charge in [-0.15, -0.1) is 0 Å². The molecule has 0 saturated carbocycles. The van der Waals surface area contributed by atoms with E-state index in [2.05, 4.69) is 13.8 Å². The number of rotatable bonds is 9. The lowest BCUT2D eigenvalue weighted by Gasteiger charge is -2.14. The van der Waals surface area contributed by atoms with Gasteiger partial charge in [-0.3, -0.25) is 9.59 Å². The first-order valence-corrected chi connectivity index (χ1v) is 5.97. The maximum Gasteiger partial charge on any atom is 0.306 e. The fourth-order valence-corrected chi connectivity index (χ4v) is 1.39. The average Bonchev–Trinajstić information content (AvgIpc) is 2.26. The number of carboxylic acid groups (broad SMARTS) is 1. The summed E-state index contributed by atoms with van der Waals surface area (Å²) in [5.74, 6) is -0.957. The fraction of sp³-hybridized carbons (Fsp3) is 0.833. The van der Waals surface area contributed by atoms with Gasteiger partial charge in [0.15, 0.2) is 0 Å². The molecule has 0 aromatic heterocycles. The van der Waals surface area contributed by atoms with Gasteiger partial charge >= 0.3 is 11.9 Å². The molecule has 0 rings (SSSR count). The van der Waals surface area contributed by atoms with E-state index >= 15 is 0 Å². The highest BCUT2D eigenvalue weighted by atomic mass is 16.5. The maximum atomic E-state index is 11.2. The molecule has 0 fully saturated rings. The lowest BCUT2D eigenvalue weighted by Crippen LogP contribution is -2.14. The largest absolute Gasteiger partial charge is 0.481 e. The van der Waals surface area contributed by atoms with E-state index in [9.17, 15) is 9.59 Å². The van der Waals surface area contributed by atoms with Crippen molar-refractivity contribution in [1.82, 2.24) is 0 Å². The predicted molar refractivity (Wildman–Crippen MR) is 61.1 cm³/mol. The fourth-order valence-electron chi connectivity index (χ4n) is 1.39. The van der Waals surface area contributed by atoms with Crippen LogP contribution in [0.4, 0.5) is 0 Å². The molecule has 0 spiro atoms. The molecule has 94 valence electrons. The van der Waals surface area contributed by atoms with E-state index in [0.717, 1.165) is 25.7 Å². The van der Waals surface area contributed by atoms with Crippen molar-refractivity contribution in [3.63, 3.8) is 0 Å². The lowest BCUT2D eigenvalue weighted by atomic mass is 10.0. The number of carboxylic acids is 1. The van der Waals surface area contributed by atoms with Gasteiger partial charge in [-0.2, -0.15) is 0 Å². The Morgan fingerprint density at radius 2 is 1.94 bits per heavy atom. The van der Waals surface area contributed by atoms with Gasteiger partial charge < -0.3 is 9.84 Å². The molecule has 16 heavy (non-hydrogen) atoms. The Morgan fingerprint density at radius 3 is 2.44 bits per heavy atom. The Labute approximate surface area is 97.0 Å². The molecule has 0 radical (unpaired) electrons. The Hall–Kier alpha value is -1.06. The second-order valence-corrected chi connectivity index (χ2v) is 3.99. The molecule has 0 heterocycles. The van der Waals surface area contributed by atoms with Crippen molar-refractivity contribution in [2.24, 2.45) is 5.92 Å². The van der Waals surface area contributed by atoms with E-state index in [0.29, 0.717) is 12.5 Å². The van der Waals surface area contributed by atoms with Crippen LogP contribution in [0.5, 0.6) is 0 Å². The molecule has 0 amide bonds. The summed E-state index contributed by atoms with van der Waals surface area (Å²) in [6, 6.07) is 0. The molecule has 4 heteroatoms. The van der Waals surface area contributed by atoms with Crippen molar-refractivity contribution in [1.29, 1.82) is 0 Å². The van der Waals surface area contributed by atoms with Gasteiger partial charge in [0.1, 0.15) is 0 Å².